The molecule has 2 aliphatic rings. The molecule has 6 rings (SSSR count). The lowest BCUT2D eigenvalue weighted by Gasteiger charge is -2.37. The molecule has 2 saturated heterocycles. The Morgan fingerprint density at radius 2 is 1.72 bits per heavy atom. The second kappa shape index (κ2) is 17.7. The van der Waals surface area contributed by atoms with Crippen molar-refractivity contribution in [1.29, 1.82) is 10.8 Å². The number of rotatable bonds is 11. The van der Waals surface area contributed by atoms with Crippen LogP contribution in [0.25, 0.3) is 0 Å². The molecule has 0 unspecified atom stereocenters. The lowest BCUT2D eigenvalue weighted by molar-refractivity contribution is -0.121. The molecule has 306 valence electrons. The van der Waals surface area contributed by atoms with E-state index >= 15 is 0 Å². The molecular formula is C42H51ClN10O4S. The number of phenolic OH excluding ortho intramolecular Hbond substituents is 2. The number of Topliss-reactive ketones (excluding diaryl/α,β-unsaturated/α-hetero) is 1. The van der Waals surface area contributed by atoms with Gasteiger partial charge in [0.2, 0.25) is 5.91 Å². The number of anilines is 4. The maximum atomic E-state index is 13.4. The summed E-state index contributed by atoms with van der Waals surface area (Å²) < 4.78 is 0. The van der Waals surface area contributed by atoms with E-state index in [-0.39, 0.29) is 46.2 Å². The number of nitrogens with one attached hydrogen (secondary N) is 3. The van der Waals surface area contributed by atoms with E-state index in [9.17, 15) is 19.8 Å². The number of amides is 1. The van der Waals surface area contributed by atoms with E-state index in [1.165, 1.54) is 35.7 Å². The quantitative estimate of drug-likeness (QED) is 0.0602. The third kappa shape index (κ3) is 9.72. The van der Waals surface area contributed by atoms with Crippen LogP contribution in [0.1, 0.15) is 76.0 Å². The number of piperidine rings is 2. The number of amidine groups is 2. The van der Waals surface area contributed by atoms with Crippen LogP contribution < -0.4 is 26.6 Å². The Bertz CT molecular complexity index is 2200. The van der Waals surface area contributed by atoms with Gasteiger partial charge in [-0.1, -0.05) is 55.4 Å². The lowest BCUT2D eigenvalue weighted by atomic mass is 9.91. The summed E-state index contributed by atoms with van der Waals surface area (Å²) in [5, 5.41) is 42.4. The number of ketones is 1. The van der Waals surface area contributed by atoms with Crippen molar-refractivity contribution in [3.63, 3.8) is 0 Å². The molecule has 2 fully saturated rings. The first kappa shape index (κ1) is 42.4. The number of nitrogens with zero attached hydrogens (tertiary/aromatic N) is 5. The van der Waals surface area contributed by atoms with Crippen molar-refractivity contribution in [1.82, 2.24) is 14.9 Å². The minimum atomic E-state index is -0.549. The molecule has 58 heavy (non-hydrogen) atoms. The van der Waals surface area contributed by atoms with Crippen molar-refractivity contribution < 1.29 is 19.8 Å². The lowest BCUT2D eigenvalue weighted by Crippen LogP contribution is -2.48. The average Bonchev–Trinajstić information content (AvgIpc) is 3.18. The summed E-state index contributed by atoms with van der Waals surface area (Å²) in [5.41, 5.74) is 15.0. The van der Waals surface area contributed by atoms with Gasteiger partial charge in [0.15, 0.2) is 17.4 Å². The molecule has 1 aromatic heterocycles. The number of halogens is 1. The monoisotopic (exact) mass is 826 g/mol. The zero-order valence-electron chi connectivity index (χ0n) is 33.2. The predicted molar refractivity (Wildman–Crippen MR) is 231 cm³/mol. The van der Waals surface area contributed by atoms with Gasteiger partial charge in [-0.25, -0.2) is 9.97 Å². The Balaban J connectivity index is 1.04. The van der Waals surface area contributed by atoms with Crippen LogP contribution >= 0.6 is 23.4 Å². The summed E-state index contributed by atoms with van der Waals surface area (Å²) >= 11 is 8.11. The Kier molecular flexibility index (Phi) is 13.0. The van der Waals surface area contributed by atoms with Crippen LogP contribution in [0.3, 0.4) is 0 Å². The van der Waals surface area contributed by atoms with Crippen molar-refractivity contribution in [3.05, 3.63) is 82.5 Å². The summed E-state index contributed by atoms with van der Waals surface area (Å²) in [5.74, 6) is -1.02. The number of carbonyl (C=O) groups is 2. The summed E-state index contributed by atoms with van der Waals surface area (Å²) in [6.45, 7) is 10.7. The molecule has 0 spiro atoms. The Labute approximate surface area is 348 Å². The number of hydrogen-bond donors (Lipinski definition) is 7. The van der Waals surface area contributed by atoms with Gasteiger partial charge in [0, 0.05) is 54.7 Å². The van der Waals surface area contributed by atoms with Gasteiger partial charge in [0.25, 0.3) is 0 Å². The maximum absolute atomic E-state index is 13.4. The fourth-order valence-electron chi connectivity index (χ4n) is 7.14. The predicted octanol–water partition coefficient (Wildman–Crippen LogP) is 6.96. The number of benzene rings is 3. The number of aromatic hydroxyl groups is 2. The number of nitrogen functional groups attached to an aromatic ring is 1. The van der Waals surface area contributed by atoms with Gasteiger partial charge >= 0.3 is 0 Å². The zero-order valence-corrected chi connectivity index (χ0v) is 34.8. The molecule has 0 saturated carbocycles. The second-order valence-electron chi connectivity index (χ2n) is 15.7. The van der Waals surface area contributed by atoms with Gasteiger partial charge in [-0.05, 0) is 93.1 Å². The summed E-state index contributed by atoms with van der Waals surface area (Å²) in [7, 11) is 0. The number of carbonyl (C=O) groups excluding carboxylic acids is 2. The topological polar surface area (TPSA) is 222 Å². The van der Waals surface area contributed by atoms with Crippen LogP contribution in [-0.2, 0) is 16.1 Å². The van der Waals surface area contributed by atoms with Gasteiger partial charge in [-0.2, -0.15) is 0 Å². The SMILES string of the molecule is CC(=O)C(=N)N(C(=N)c1cc(C(C)C)c(O)cc1O)c1ccc(CN2CCC(C(=O)Nc3cccc(Sc4ncc(N5CCC(C)(N)CC5)nc4N)c3Cl)CC2)cc1. The van der Waals surface area contributed by atoms with Gasteiger partial charge < -0.3 is 31.9 Å². The van der Waals surface area contributed by atoms with E-state index < -0.39 is 11.6 Å². The minimum absolute atomic E-state index is 0.0899. The van der Waals surface area contributed by atoms with Gasteiger partial charge in [-0.3, -0.25) is 30.2 Å². The molecule has 3 aromatic carbocycles. The smallest absolute Gasteiger partial charge is 0.227 e. The number of nitrogens with two attached hydrogens (primary N) is 2. The maximum Gasteiger partial charge on any atom is 0.227 e. The molecule has 1 amide bonds. The first-order valence-electron chi connectivity index (χ1n) is 19.3. The van der Waals surface area contributed by atoms with Crippen LogP contribution in [0, 0.1) is 16.7 Å². The summed E-state index contributed by atoms with van der Waals surface area (Å²) in [6.07, 6.45) is 4.75. The molecule has 4 aromatic rings. The van der Waals surface area contributed by atoms with Crippen molar-refractivity contribution in [2.24, 2.45) is 11.7 Å². The second-order valence-corrected chi connectivity index (χ2v) is 17.1. The third-order valence-electron chi connectivity index (χ3n) is 10.8. The first-order chi connectivity index (χ1) is 27.5. The van der Waals surface area contributed by atoms with E-state index in [4.69, 9.17) is 33.9 Å². The normalized spacial score (nSPS) is 15.9. The van der Waals surface area contributed by atoms with E-state index in [0.29, 0.717) is 70.2 Å². The average molecular weight is 827 g/mol. The molecule has 14 nitrogen and oxygen atoms in total. The number of phenols is 2. The van der Waals surface area contributed by atoms with Crippen LogP contribution in [0.5, 0.6) is 11.5 Å². The van der Waals surface area contributed by atoms with E-state index in [1.807, 2.05) is 38.1 Å². The molecule has 16 heteroatoms. The van der Waals surface area contributed by atoms with Crippen LogP contribution in [0.15, 0.2) is 70.7 Å². The fourth-order valence-corrected chi connectivity index (χ4v) is 8.24. The number of aromatic nitrogens is 2. The highest BCUT2D eigenvalue weighted by Crippen LogP contribution is 2.39. The third-order valence-corrected chi connectivity index (χ3v) is 12.4. The van der Waals surface area contributed by atoms with Crippen molar-refractivity contribution >= 4 is 69.7 Å². The van der Waals surface area contributed by atoms with Gasteiger partial charge in [0.1, 0.15) is 28.2 Å². The molecule has 0 aliphatic carbocycles. The van der Waals surface area contributed by atoms with E-state index in [1.54, 1.807) is 24.4 Å². The van der Waals surface area contributed by atoms with Gasteiger partial charge in [0.05, 0.1) is 22.5 Å². The minimum Gasteiger partial charge on any atom is -0.508 e. The highest BCUT2D eigenvalue weighted by Gasteiger charge is 2.29. The van der Waals surface area contributed by atoms with Crippen molar-refractivity contribution in [2.45, 2.75) is 81.3 Å². The highest BCUT2D eigenvalue weighted by atomic mass is 35.5. The number of hydrogen-bond acceptors (Lipinski definition) is 13. The Hall–Kier alpha value is -5.22. The summed E-state index contributed by atoms with van der Waals surface area (Å²) in [6, 6.07) is 15.4. The molecular weight excluding hydrogens is 776 g/mol. The highest BCUT2D eigenvalue weighted by molar-refractivity contribution is 7.99. The van der Waals surface area contributed by atoms with Crippen molar-refractivity contribution in [3.8, 4) is 11.5 Å². The molecule has 3 heterocycles. The van der Waals surface area contributed by atoms with Crippen molar-refractivity contribution in [2.75, 3.05) is 47.0 Å². The van der Waals surface area contributed by atoms with Crippen LogP contribution in [0.2, 0.25) is 5.02 Å². The van der Waals surface area contributed by atoms with E-state index in [0.717, 1.165) is 37.3 Å². The Morgan fingerprint density at radius 1 is 1.05 bits per heavy atom. The van der Waals surface area contributed by atoms with Gasteiger partial charge in [-0.15, -0.1) is 0 Å². The molecule has 9 N–H and O–H groups in total. The summed E-state index contributed by atoms with van der Waals surface area (Å²) in [4.78, 5) is 41.3. The molecule has 0 radical (unpaired) electrons. The zero-order chi connectivity index (χ0) is 41.9. The molecule has 0 atom stereocenters. The standard InChI is InChI=1S/C42H51ClN10O4S/c1-24(2)29-20-30(33(56)21-32(29)55)39(46)53(38(45)25(3)54)28-10-8-26(9-11-28)23-51-16-12-27(13-17-51)40(57)49-31-6-5-7-34(36(31)43)58-41-37(44)50-35(22-48-41)52-18-14-42(4,47)15-19-52/h5-11,20-22,24,27,45-46,55-56H,12-19,23,47H2,1-4H3,(H2,44,50)(H,49,57). The van der Waals surface area contributed by atoms with E-state index in [2.05, 4.69) is 32.0 Å². The fraction of sp³-hybridized carbons (Fsp3) is 0.381. The van der Waals surface area contributed by atoms with Crippen LogP contribution in [0.4, 0.5) is 23.0 Å². The largest absolute Gasteiger partial charge is 0.508 e. The number of likely N-dealkylation sites (tertiary alicyclic amines) is 1. The first-order valence-corrected chi connectivity index (χ1v) is 20.5. The Morgan fingerprint density at radius 3 is 2.34 bits per heavy atom. The molecule has 2 aliphatic heterocycles. The van der Waals surface area contributed by atoms with Crippen LogP contribution in [-0.4, -0.2) is 80.2 Å². The molecule has 0 bridgehead atoms.